The molecule has 3 aromatic carbocycles. The van der Waals surface area contributed by atoms with E-state index in [1.54, 1.807) is 63.4 Å². The van der Waals surface area contributed by atoms with Gasteiger partial charge in [0.15, 0.2) is 0 Å². The second-order valence-corrected chi connectivity index (χ2v) is 19.8. The van der Waals surface area contributed by atoms with E-state index in [0.29, 0.717) is 30.2 Å². The molecule has 0 spiro atoms. The Hall–Kier alpha value is -5.27. The molecule has 0 radical (unpaired) electrons. The molecular weight excluding hydrogens is 957 g/mol. The first-order valence-corrected chi connectivity index (χ1v) is 23.6. The van der Waals surface area contributed by atoms with Gasteiger partial charge in [-0.25, -0.2) is 9.37 Å². The van der Waals surface area contributed by atoms with Crippen LogP contribution in [0.1, 0.15) is 69.8 Å². The number of likely N-dealkylation sites (N-methyl/N-ethyl adjacent to an activating group) is 1. The second kappa shape index (κ2) is 24.2. The summed E-state index contributed by atoms with van der Waals surface area (Å²) in [6.45, 7) is 4.77. The Labute approximate surface area is 416 Å². The maximum Gasteiger partial charge on any atom is 0.389 e. The molecule has 4 aromatic rings. The molecule has 1 saturated heterocycles. The number of carbonyl (C=O) groups excluding carboxylic acids is 4. The topological polar surface area (TPSA) is 148 Å². The van der Waals surface area contributed by atoms with E-state index in [0.717, 1.165) is 28.7 Å². The summed E-state index contributed by atoms with van der Waals surface area (Å²) >= 11 is 12.5. The van der Waals surface area contributed by atoms with Crippen molar-refractivity contribution in [2.24, 2.45) is 13.0 Å². The number of carbonyl (C=O) groups is 4. The van der Waals surface area contributed by atoms with E-state index in [-0.39, 0.29) is 55.4 Å². The number of hydrogen-bond donors (Lipinski definition) is 2. The van der Waals surface area contributed by atoms with E-state index >= 15 is 4.39 Å². The zero-order valence-electron chi connectivity index (χ0n) is 40.9. The van der Waals surface area contributed by atoms with Crippen molar-refractivity contribution in [1.29, 1.82) is 0 Å². The van der Waals surface area contributed by atoms with Gasteiger partial charge in [0.2, 0.25) is 17.7 Å². The lowest BCUT2D eigenvalue weighted by Gasteiger charge is -2.49. The minimum atomic E-state index is -4.76. The number of imidazole rings is 1. The monoisotopic (exact) mass is 1020 g/mol. The van der Waals surface area contributed by atoms with Crippen LogP contribution in [-0.4, -0.2) is 126 Å². The van der Waals surface area contributed by atoms with Gasteiger partial charge in [-0.3, -0.25) is 19.2 Å². The van der Waals surface area contributed by atoms with Crippen LogP contribution in [0, 0.1) is 11.7 Å². The van der Waals surface area contributed by atoms with E-state index in [1.807, 2.05) is 42.7 Å². The molecule has 70 heavy (non-hydrogen) atoms. The molecule has 14 nitrogen and oxygen atoms in total. The number of hydrogen-bond acceptors (Lipinski definition) is 10. The highest BCUT2D eigenvalue weighted by atomic mass is 35.5. The number of ether oxygens (including phenoxy) is 3. The number of halogens is 6. The molecule has 0 saturated carbocycles. The lowest BCUT2D eigenvalue weighted by molar-refractivity contribution is -0.170. The number of benzene rings is 3. The van der Waals surface area contributed by atoms with Gasteiger partial charge in [-0.15, -0.1) is 0 Å². The Kier molecular flexibility index (Phi) is 19.3. The standard InChI is InChI=1S/C50H63Cl2F4N7O7/c1-48(2,3)70-45(65)22-34(26-50(54,55)56)47(67)63-20-9-19-49(31-63,25-32-10-14-35(51)15-11-32)62(7)44(64)29-59-46(66)40(18-21-68-8)57-27-38-39(53)23-36(52)24-42(38)69-37-16-12-33(13-17-37)41-28-58-43(61(41)6)30-60(4)5/h10-17,23-24,28,34,40,57H,9,18-22,25-27,29-31H2,1-8H3,(H,59,66)/t34-,40-,49+/m0/s1. The fourth-order valence-corrected chi connectivity index (χ4v) is 8.77. The first kappa shape index (κ1) is 55.7. The van der Waals surface area contributed by atoms with Gasteiger partial charge in [0.1, 0.15) is 28.7 Å². The first-order valence-electron chi connectivity index (χ1n) is 22.9. The average molecular weight is 1020 g/mol. The van der Waals surface area contributed by atoms with Crippen LogP contribution in [0.4, 0.5) is 17.6 Å². The molecule has 1 aliphatic rings. The number of methoxy groups -OCH3 is 1. The molecule has 0 unspecified atom stereocenters. The van der Waals surface area contributed by atoms with Gasteiger partial charge >= 0.3 is 12.1 Å². The maximum atomic E-state index is 15.7. The van der Waals surface area contributed by atoms with E-state index in [4.69, 9.17) is 37.4 Å². The molecule has 3 atom stereocenters. The van der Waals surface area contributed by atoms with Crippen molar-refractivity contribution in [2.75, 3.05) is 54.5 Å². The maximum absolute atomic E-state index is 15.7. The van der Waals surface area contributed by atoms with Gasteiger partial charge in [-0.2, -0.15) is 13.2 Å². The third kappa shape index (κ3) is 15.9. The summed E-state index contributed by atoms with van der Waals surface area (Å²) in [4.78, 5) is 64.1. The normalized spacial score (nSPS) is 16.2. The Balaban J connectivity index is 1.31. The summed E-state index contributed by atoms with van der Waals surface area (Å²) in [5.74, 6) is -4.00. The number of nitrogens with one attached hydrogen (secondary N) is 2. The number of likely N-dealkylation sites (tertiary alicyclic amines) is 1. The average Bonchev–Trinajstić information content (AvgIpc) is 3.63. The highest BCUT2D eigenvalue weighted by molar-refractivity contribution is 6.31. The lowest BCUT2D eigenvalue weighted by Crippen LogP contribution is -2.63. The van der Waals surface area contributed by atoms with Gasteiger partial charge in [-0.1, -0.05) is 35.3 Å². The fourth-order valence-electron chi connectivity index (χ4n) is 8.45. The largest absolute Gasteiger partial charge is 0.460 e. The Bertz CT molecular complexity index is 2430. The van der Waals surface area contributed by atoms with Crippen LogP contribution in [0.5, 0.6) is 11.5 Å². The molecule has 2 heterocycles. The van der Waals surface area contributed by atoms with Crippen molar-refractivity contribution in [1.82, 2.24) is 34.9 Å². The molecule has 1 aliphatic heterocycles. The van der Waals surface area contributed by atoms with Crippen molar-refractivity contribution in [3.8, 4) is 22.8 Å². The number of aromatic nitrogens is 2. The van der Waals surface area contributed by atoms with E-state index in [2.05, 4.69) is 15.6 Å². The second-order valence-electron chi connectivity index (χ2n) is 18.9. The number of alkyl halides is 3. The van der Waals surface area contributed by atoms with Crippen LogP contribution >= 0.6 is 23.2 Å². The number of rotatable bonds is 21. The molecule has 3 amide bonds. The smallest absolute Gasteiger partial charge is 0.389 e. The highest BCUT2D eigenvalue weighted by Gasteiger charge is 2.46. The molecule has 2 N–H and O–H groups in total. The number of nitrogens with zero attached hydrogens (tertiary/aromatic N) is 5. The Morgan fingerprint density at radius 2 is 1.66 bits per heavy atom. The Morgan fingerprint density at radius 1 is 0.971 bits per heavy atom. The van der Waals surface area contributed by atoms with E-state index in [1.165, 1.54) is 30.0 Å². The van der Waals surface area contributed by atoms with Gasteiger partial charge in [0, 0.05) is 68.6 Å². The van der Waals surface area contributed by atoms with E-state index < -0.39 is 78.2 Å². The highest BCUT2D eigenvalue weighted by Crippen LogP contribution is 2.36. The van der Waals surface area contributed by atoms with Crippen molar-refractivity contribution >= 4 is 46.9 Å². The lowest BCUT2D eigenvalue weighted by atomic mass is 9.81. The first-order chi connectivity index (χ1) is 32.9. The van der Waals surface area contributed by atoms with Crippen LogP contribution in [0.2, 0.25) is 10.0 Å². The quantitative estimate of drug-likeness (QED) is 0.0617. The van der Waals surface area contributed by atoms with Gasteiger partial charge in [0.05, 0.1) is 55.3 Å². The molecule has 0 bridgehead atoms. The third-order valence-corrected chi connectivity index (χ3v) is 12.4. The molecule has 5 rings (SSSR count). The van der Waals surface area contributed by atoms with Crippen LogP contribution in [-0.2, 0) is 55.2 Å². The van der Waals surface area contributed by atoms with E-state index in [9.17, 15) is 32.3 Å². The summed E-state index contributed by atoms with van der Waals surface area (Å²) in [5.41, 5.74) is 0.476. The Morgan fingerprint density at radius 3 is 2.29 bits per heavy atom. The van der Waals surface area contributed by atoms with Crippen molar-refractivity contribution < 1.29 is 51.0 Å². The van der Waals surface area contributed by atoms with Crippen LogP contribution < -0.4 is 15.4 Å². The van der Waals surface area contributed by atoms with Crippen molar-refractivity contribution in [3.63, 3.8) is 0 Å². The van der Waals surface area contributed by atoms with Gasteiger partial charge < -0.3 is 44.1 Å². The van der Waals surface area contributed by atoms with Gasteiger partial charge in [0.25, 0.3) is 0 Å². The summed E-state index contributed by atoms with van der Waals surface area (Å²) in [6.07, 6.45) is -4.30. The number of amides is 3. The predicted octanol–water partition coefficient (Wildman–Crippen LogP) is 8.36. The minimum absolute atomic E-state index is 0.0866. The van der Waals surface area contributed by atoms with Crippen LogP contribution in [0.25, 0.3) is 11.3 Å². The predicted molar refractivity (Wildman–Crippen MR) is 259 cm³/mol. The minimum Gasteiger partial charge on any atom is -0.460 e. The fraction of sp³-hybridized carbons (Fsp3) is 0.500. The van der Waals surface area contributed by atoms with Crippen LogP contribution in [0.3, 0.4) is 0 Å². The third-order valence-electron chi connectivity index (χ3n) is 12.0. The van der Waals surface area contributed by atoms with Crippen molar-refractivity contribution in [3.05, 3.63) is 99.7 Å². The molecule has 1 fully saturated rings. The zero-order chi connectivity index (χ0) is 51.6. The molecule has 382 valence electrons. The molecular formula is C50H63Cl2F4N7O7. The van der Waals surface area contributed by atoms with Crippen molar-refractivity contribution in [2.45, 2.75) is 95.7 Å². The summed E-state index contributed by atoms with van der Waals surface area (Å²) in [5, 5.41) is 6.32. The summed E-state index contributed by atoms with van der Waals surface area (Å²) < 4.78 is 76.1. The molecule has 0 aliphatic carbocycles. The summed E-state index contributed by atoms with van der Waals surface area (Å²) in [7, 11) is 8.85. The van der Waals surface area contributed by atoms with Gasteiger partial charge in [-0.05, 0) is 115 Å². The molecule has 1 aromatic heterocycles. The SMILES string of the molecule is COCC[C@H](NCc1c(F)cc(Cl)cc1Oc1ccc(-c2cnc(CN(C)C)n2C)cc1)C(=O)NCC(=O)N(C)[C@@]1(Cc2ccc(Cl)cc2)CCCN(C(=O)[C@@H](CC(=O)OC(C)(C)C)CC(F)(F)F)C1. The zero-order valence-corrected chi connectivity index (χ0v) is 42.4. The van der Waals surface area contributed by atoms with Crippen LogP contribution in [0.15, 0.2) is 66.9 Å². The molecule has 20 heteroatoms. The number of piperidine rings is 1. The number of esters is 1. The summed E-state index contributed by atoms with van der Waals surface area (Å²) in [6, 6.07) is 15.7.